The minimum absolute atomic E-state index is 0.101. The maximum atomic E-state index is 10.9. The highest BCUT2D eigenvalue weighted by Crippen LogP contribution is 2.46. The van der Waals surface area contributed by atoms with Gasteiger partial charge in [0.1, 0.15) is 11.5 Å². The highest BCUT2D eigenvalue weighted by molar-refractivity contribution is 6.33. The molecule has 2 aliphatic heterocycles. The Hall–Kier alpha value is -1.42. The summed E-state index contributed by atoms with van der Waals surface area (Å²) in [6, 6.07) is 0. The minimum atomic E-state index is -0.796. The molecule has 20 heavy (non-hydrogen) atoms. The first-order valence-corrected chi connectivity index (χ1v) is 7.39. The van der Waals surface area contributed by atoms with Gasteiger partial charge in [0.2, 0.25) is 0 Å². The van der Waals surface area contributed by atoms with Crippen LogP contribution in [0.1, 0.15) is 36.0 Å². The molecule has 5 heteroatoms. The summed E-state index contributed by atoms with van der Waals surface area (Å²) in [7, 11) is 0. The molecule has 0 saturated carbocycles. The van der Waals surface area contributed by atoms with Gasteiger partial charge in [-0.15, -0.1) is 0 Å². The summed E-state index contributed by atoms with van der Waals surface area (Å²) in [5.74, 6) is 0.768. The third kappa shape index (κ3) is 2.33. The van der Waals surface area contributed by atoms with Crippen molar-refractivity contribution in [3.8, 4) is 11.5 Å². The average Bonchev–Trinajstić information content (AvgIpc) is 2.47. The Labute approximate surface area is 122 Å². The maximum Gasteiger partial charge on any atom is 0.303 e. The second kappa shape index (κ2) is 5.52. The molecule has 0 aromatic heterocycles. The molecular weight excluding hydrogens is 280 g/mol. The van der Waals surface area contributed by atoms with Gasteiger partial charge in [0, 0.05) is 23.1 Å². The van der Waals surface area contributed by atoms with E-state index in [1.54, 1.807) is 0 Å². The molecule has 108 valence electrons. The third-order valence-corrected chi connectivity index (χ3v) is 4.27. The number of ether oxygens (including phenoxy) is 2. The zero-order chi connectivity index (χ0) is 14.1. The van der Waals surface area contributed by atoms with E-state index in [1.165, 1.54) is 0 Å². The van der Waals surface area contributed by atoms with Gasteiger partial charge in [0.15, 0.2) is 0 Å². The Morgan fingerprint density at radius 3 is 2.45 bits per heavy atom. The van der Waals surface area contributed by atoms with E-state index in [9.17, 15) is 4.79 Å². The molecule has 2 aliphatic rings. The lowest BCUT2D eigenvalue weighted by atomic mass is 9.90. The standard InChI is InChI=1S/C15H17ClO4/c16-13-11-4-2-7-19-14(11)10(5-6-12(17)18)9-3-1-8-20-15(9)13/h1-8H2,(H,17,18). The topological polar surface area (TPSA) is 55.8 Å². The van der Waals surface area contributed by atoms with Crippen LogP contribution in [0.4, 0.5) is 0 Å². The second-order valence-corrected chi connectivity index (χ2v) is 5.58. The Balaban J connectivity index is 2.11. The Kier molecular flexibility index (Phi) is 3.74. The third-order valence-electron chi connectivity index (χ3n) is 3.87. The van der Waals surface area contributed by atoms with Gasteiger partial charge in [0.25, 0.3) is 0 Å². The van der Waals surface area contributed by atoms with Crippen molar-refractivity contribution in [3.05, 3.63) is 21.7 Å². The van der Waals surface area contributed by atoms with Crippen LogP contribution in [0.25, 0.3) is 0 Å². The minimum Gasteiger partial charge on any atom is -0.493 e. The first-order chi connectivity index (χ1) is 9.68. The lowest BCUT2D eigenvalue weighted by Gasteiger charge is -2.29. The molecule has 0 atom stereocenters. The number of carboxylic acid groups (broad SMARTS) is 1. The van der Waals surface area contributed by atoms with Crippen LogP contribution in [-0.4, -0.2) is 24.3 Å². The molecule has 3 rings (SSSR count). The van der Waals surface area contributed by atoms with Gasteiger partial charge < -0.3 is 14.6 Å². The number of hydrogen-bond donors (Lipinski definition) is 1. The first kappa shape index (κ1) is 13.6. The van der Waals surface area contributed by atoms with Crippen LogP contribution in [0.3, 0.4) is 0 Å². The molecule has 0 saturated heterocycles. The largest absolute Gasteiger partial charge is 0.493 e. The number of fused-ring (bicyclic) bond motifs is 2. The molecule has 0 aliphatic carbocycles. The fourth-order valence-corrected chi connectivity index (χ4v) is 3.33. The van der Waals surface area contributed by atoms with Gasteiger partial charge in [-0.05, 0) is 32.1 Å². The normalized spacial score (nSPS) is 16.6. The van der Waals surface area contributed by atoms with Crippen molar-refractivity contribution in [2.24, 2.45) is 0 Å². The van der Waals surface area contributed by atoms with E-state index in [2.05, 4.69) is 0 Å². The molecule has 1 aromatic rings. The molecule has 0 spiro atoms. The van der Waals surface area contributed by atoms with Gasteiger partial charge in [-0.3, -0.25) is 4.79 Å². The van der Waals surface area contributed by atoms with E-state index in [1.807, 2.05) is 0 Å². The summed E-state index contributed by atoms with van der Waals surface area (Å²) in [6.45, 7) is 1.34. The van der Waals surface area contributed by atoms with Gasteiger partial charge in [-0.2, -0.15) is 0 Å². The molecular formula is C15H17ClO4. The number of hydrogen-bond acceptors (Lipinski definition) is 3. The molecule has 1 N–H and O–H groups in total. The fraction of sp³-hybridized carbons (Fsp3) is 0.533. The van der Waals surface area contributed by atoms with Crippen molar-refractivity contribution in [2.45, 2.75) is 38.5 Å². The van der Waals surface area contributed by atoms with Gasteiger partial charge in [-0.25, -0.2) is 0 Å². The SMILES string of the molecule is O=C(O)CCc1c2c(c(Cl)c3c1OCCC3)OCCC2. The first-order valence-electron chi connectivity index (χ1n) is 7.02. The van der Waals surface area contributed by atoms with Gasteiger partial charge >= 0.3 is 5.97 Å². The molecule has 1 aromatic carbocycles. The van der Waals surface area contributed by atoms with E-state index in [4.69, 9.17) is 26.2 Å². The number of carbonyl (C=O) groups is 1. The van der Waals surface area contributed by atoms with E-state index in [0.29, 0.717) is 24.7 Å². The lowest BCUT2D eigenvalue weighted by molar-refractivity contribution is -0.136. The summed E-state index contributed by atoms with van der Waals surface area (Å²) < 4.78 is 11.5. The molecule has 4 nitrogen and oxygen atoms in total. The fourth-order valence-electron chi connectivity index (χ4n) is 2.98. The lowest BCUT2D eigenvalue weighted by Crippen LogP contribution is -2.18. The second-order valence-electron chi connectivity index (χ2n) is 5.21. The Morgan fingerprint density at radius 2 is 1.75 bits per heavy atom. The predicted molar refractivity (Wildman–Crippen MR) is 75.0 cm³/mol. The number of aliphatic carboxylic acids is 1. The summed E-state index contributed by atoms with van der Waals surface area (Å²) in [5, 5.41) is 9.60. The van der Waals surface area contributed by atoms with Crippen LogP contribution in [0.5, 0.6) is 11.5 Å². The van der Waals surface area contributed by atoms with Crippen molar-refractivity contribution in [2.75, 3.05) is 13.2 Å². The molecule has 0 bridgehead atoms. The van der Waals surface area contributed by atoms with Crippen molar-refractivity contribution >= 4 is 17.6 Å². The van der Waals surface area contributed by atoms with Gasteiger partial charge in [0.05, 0.1) is 18.2 Å². The number of benzene rings is 1. The summed E-state index contributed by atoms with van der Waals surface area (Å²) in [5.41, 5.74) is 3.02. The molecule has 0 radical (unpaired) electrons. The van der Waals surface area contributed by atoms with E-state index in [-0.39, 0.29) is 6.42 Å². The summed E-state index contributed by atoms with van der Waals surface area (Å²) in [4.78, 5) is 10.9. The van der Waals surface area contributed by atoms with Crippen molar-refractivity contribution in [1.82, 2.24) is 0 Å². The molecule has 0 fully saturated rings. The van der Waals surface area contributed by atoms with Crippen molar-refractivity contribution in [1.29, 1.82) is 0 Å². The zero-order valence-corrected chi connectivity index (χ0v) is 12.0. The zero-order valence-electron chi connectivity index (χ0n) is 11.2. The van der Waals surface area contributed by atoms with Crippen LogP contribution >= 0.6 is 11.6 Å². The van der Waals surface area contributed by atoms with Crippen LogP contribution < -0.4 is 9.47 Å². The number of carboxylic acids is 1. The highest BCUT2D eigenvalue weighted by atomic mass is 35.5. The molecule has 2 heterocycles. The number of rotatable bonds is 3. The molecule has 0 unspecified atom stereocenters. The predicted octanol–water partition coefficient (Wildman–Crippen LogP) is 3.01. The smallest absolute Gasteiger partial charge is 0.303 e. The van der Waals surface area contributed by atoms with Crippen LogP contribution in [0.2, 0.25) is 5.02 Å². The Morgan fingerprint density at radius 1 is 1.10 bits per heavy atom. The van der Waals surface area contributed by atoms with Crippen molar-refractivity contribution in [3.63, 3.8) is 0 Å². The van der Waals surface area contributed by atoms with Crippen LogP contribution in [0.15, 0.2) is 0 Å². The highest BCUT2D eigenvalue weighted by Gasteiger charge is 2.28. The summed E-state index contributed by atoms with van der Waals surface area (Å²) >= 11 is 6.46. The van der Waals surface area contributed by atoms with E-state index >= 15 is 0 Å². The number of halogens is 1. The quantitative estimate of drug-likeness (QED) is 0.931. The summed E-state index contributed by atoms with van der Waals surface area (Å²) in [6.07, 6.45) is 4.18. The Bertz CT molecular complexity index is 516. The van der Waals surface area contributed by atoms with E-state index in [0.717, 1.165) is 53.9 Å². The van der Waals surface area contributed by atoms with Crippen molar-refractivity contribution < 1.29 is 19.4 Å². The maximum absolute atomic E-state index is 10.9. The average molecular weight is 297 g/mol. The monoisotopic (exact) mass is 296 g/mol. The molecule has 0 amide bonds. The van der Waals surface area contributed by atoms with Crippen LogP contribution in [-0.2, 0) is 24.1 Å². The van der Waals surface area contributed by atoms with Gasteiger partial charge in [-0.1, -0.05) is 11.6 Å². The van der Waals surface area contributed by atoms with Crippen LogP contribution in [0, 0.1) is 0 Å². The van der Waals surface area contributed by atoms with E-state index < -0.39 is 5.97 Å².